The Morgan fingerprint density at radius 1 is 1.12 bits per heavy atom. The number of hydrogen-bond donors (Lipinski definition) is 1. The Morgan fingerprint density at radius 3 is 2.46 bits per heavy atom. The molecule has 1 N–H and O–H groups in total. The second-order valence-corrected chi connectivity index (χ2v) is 7.22. The van der Waals surface area contributed by atoms with Gasteiger partial charge in [0.1, 0.15) is 0 Å². The first-order chi connectivity index (χ1) is 11.7. The number of carbonyl (C=O) groups excluding carboxylic acids is 1. The van der Waals surface area contributed by atoms with Crippen LogP contribution in [0.4, 0.5) is 5.95 Å². The van der Waals surface area contributed by atoms with Gasteiger partial charge in [0, 0.05) is 50.6 Å². The van der Waals surface area contributed by atoms with Gasteiger partial charge in [0.2, 0.25) is 11.9 Å². The highest BCUT2D eigenvalue weighted by Gasteiger charge is 2.40. The fraction of sp³-hybridized carbons (Fsp3) is 0.706. The van der Waals surface area contributed by atoms with Crippen molar-refractivity contribution in [3.8, 4) is 0 Å². The zero-order valence-electron chi connectivity index (χ0n) is 14.0. The van der Waals surface area contributed by atoms with Gasteiger partial charge in [-0.3, -0.25) is 9.69 Å². The molecule has 7 heteroatoms. The molecule has 1 aromatic rings. The number of likely N-dealkylation sites (tertiary alicyclic amines) is 1. The van der Waals surface area contributed by atoms with Crippen LogP contribution in [0, 0.1) is 5.41 Å². The summed E-state index contributed by atoms with van der Waals surface area (Å²) in [5.41, 5.74) is 1.37. The quantitative estimate of drug-likeness (QED) is 0.865. The molecule has 130 valence electrons. The molecule has 4 heterocycles. The largest absolute Gasteiger partial charge is 0.378 e. The average Bonchev–Trinajstić information content (AvgIpc) is 2.99. The van der Waals surface area contributed by atoms with Gasteiger partial charge in [-0.1, -0.05) is 0 Å². The summed E-state index contributed by atoms with van der Waals surface area (Å²) in [6.45, 7) is 7.05. The molecule has 3 aliphatic rings. The molecule has 0 radical (unpaired) electrons. The first kappa shape index (κ1) is 15.8. The van der Waals surface area contributed by atoms with E-state index in [9.17, 15) is 4.79 Å². The standard InChI is InChI=1S/C17H25N5O2/c23-15-9-17(13-20-15)1-3-21(4-2-17)12-14-10-18-16(19-11-14)22-5-7-24-8-6-22/h10-11H,1-9,12-13H2,(H,20,23). The lowest BCUT2D eigenvalue weighted by Crippen LogP contribution is -2.40. The number of morpholine rings is 1. The third-order valence-electron chi connectivity index (χ3n) is 5.50. The number of nitrogens with zero attached hydrogens (tertiary/aromatic N) is 4. The Bertz CT molecular complexity index is 577. The van der Waals surface area contributed by atoms with Crippen LogP contribution < -0.4 is 10.2 Å². The zero-order valence-corrected chi connectivity index (χ0v) is 14.0. The van der Waals surface area contributed by atoms with Crippen LogP contribution in [0.1, 0.15) is 24.8 Å². The number of carbonyl (C=O) groups is 1. The highest BCUT2D eigenvalue weighted by molar-refractivity contribution is 5.79. The van der Waals surface area contributed by atoms with Crippen LogP contribution in [0.2, 0.25) is 0 Å². The zero-order chi connectivity index (χ0) is 16.4. The molecule has 1 spiro atoms. The molecule has 3 saturated heterocycles. The van der Waals surface area contributed by atoms with E-state index in [1.54, 1.807) is 0 Å². The van der Waals surface area contributed by atoms with Gasteiger partial charge >= 0.3 is 0 Å². The van der Waals surface area contributed by atoms with Gasteiger partial charge in [-0.05, 0) is 31.3 Å². The van der Waals surface area contributed by atoms with E-state index >= 15 is 0 Å². The second kappa shape index (κ2) is 6.64. The molecule has 4 rings (SSSR count). The molecule has 24 heavy (non-hydrogen) atoms. The number of rotatable bonds is 3. The van der Waals surface area contributed by atoms with Crippen molar-refractivity contribution in [2.75, 3.05) is 50.8 Å². The first-order valence-corrected chi connectivity index (χ1v) is 8.85. The first-order valence-electron chi connectivity index (χ1n) is 8.85. The van der Waals surface area contributed by atoms with E-state index in [0.717, 1.165) is 76.8 Å². The highest BCUT2D eigenvalue weighted by atomic mass is 16.5. The summed E-state index contributed by atoms with van der Waals surface area (Å²) in [5, 5.41) is 2.99. The molecule has 7 nitrogen and oxygen atoms in total. The summed E-state index contributed by atoms with van der Waals surface area (Å²) >= 11 is 0. The van der Waals surface area contributed by atoms with Crippen molar-refractivity contribution in [3.05, 3.63) is 18.0 Å². The molecule has 3 fully saturated rings. The summed E-state index contributed by atoms with van der Waals surface area (Å²) < 4.78 is 5.36. The van der Waals surface area contributed by atoms with Crippen LogP contribution in [-0.4, -0.2) is 66.7 Å². The molecule has 0 aromatic carbocycles. The van der Waals surface area contributed by atoms with Crippen molar-refractivity contribution < 1.29 is 9.53 Å². The molecule has 0 atom stereocenters. The molecule has 0 saturated carbocycles. The Kier molecular flexibility index (Phi) is 4.37. The van der Waals surface area contributed by atoms with Crippen molar-refractivity contribution in [1.82, 2.24) is 20.2 Å². The van der Waals surface area contributed by atoms with E-state index in [-0.39, 0.29) is 11.3 Å². The van der Waals surface area contributed by atoms with Gasteiger partial charge < -0.3 is 15.0 Å². The van der Waals surface area contributed by atoms with Crippen LogP contribution in [0.5, 0.6) is 0 Å². The lowest BCUT2D eigenvalue weighted by atomic mass is 9.77. The van der Waals surface area contributed by atoms with Gasteiger partial charge in [-0.2, -0.15) is 0 Å². The van der Waals surface area contributed by atoms with Crippen LogP contribution in [-0.2, 0) is 16.1 Å². The predicted molar refractivity (Wildman–Crippen MR) is 89.6 cm³/mol. The summed E-state index contributed by atoms with van der Waals surface area (Å²) in [5.74, 6) is 1.02. The van der Waals surface area contributed by atoms with Crippen molar-refractivity contribution in [3.63, 3.8) is 0 Å². The van der Waals surface area contributed by atoms with E-state index < -0.39 is 0 Å². The molecule has 1 amide bonds. The molecule has 1 aromatic heterocycles. The van der Waals surface area contributed by atoms with Crippen LogP contribution in [0.3, 0.4) is 0 Å². The van der Waals surface area contributed by atoms with Crippen LogP contribution >= 0.6 is 0 Å². The van der Waals surface area contributed by atoms with Crippen LogP contribution in [0.15, 0.2) is 12.4 Å². The maximum atomic E-state index is 11.5. The highest BCUT2D eigenvalue weighted by Crippen LogP contribution is 2.37. The molecular formula is C17H25N5O2. The van der Waals surface area contributed by atoms with Crippen molar-refractivity contribution in [2.45, 2.75) is 25.8 Å². The van der Waals surface area contributed by atoms with Crippen molar-refractivity contribution >= 4 is 11.9 Å². The van der Waals surface area contributed by atoms with Crippen molar-refractivity contribution in [2.24, 2.45) is 5.41 Å². The van der Waals surface area contributed by atoms with Gasteiger partial charge in [-0.15, -0.1) is 0 Å². The molecule has 0 aliphatic carbocycles. The van der Waals surface area contributed by atoms with E-state index in [0.29, 0.717) is 6.42 Å². The fourth-order valence-corrected chi connectivity index (χ4v) is 3.91. The number of aromatic nitrogens is 2. The smallest absolute Gasteiger partial charge is 0.225 e. The summed E-state index contributed by atoms with van der Waals surface area (Å²) in [7, 11) is 0. The van der Waals surface area contributed by atoms with E-state index in [4.69, 9.17) is 4.74 Å². The second-order valence-electron chi connectivity index (χ2n) is 7.22. The number of anilines is 1. The third kappa shape index (κ3) is 3.37. The van der Waals surface area contributed by atoms with E-state index in [2.05, 4.69) is 25.1 Å². The molecule has 0 unspecified atom stereocenters. The van der Waals surface area contributed by atoms with Gasteiger partial charge in [-0.25, -0.2) is 9.97 Å². The van der Waals surface area contributed by atoms with Gasteiger partial charge in [0.05, 0.1) is 13.2 Å². The number of piperidine rings is 1. The summed E-state index contributed by atoms with van der Waals surface area (Å²) in [6.07, 6.45) is 6.79. The minimum Gasteiger partial charge on any atom is -0.378 e. The molecular weight excluding hydrogens is 306 g/mol. The van der Waals surface area contributed by atoms with Crippen molar-refractivity contribution in [1.29, 1.82) is 0 Å². The minimum atomic E-state index is 0.213. The SMILES string of the molecule is O=C1CC2(CCN(Cc3cnc(N4CCOCC4)nc3)CC2)CN1. The third-order valence-corrected chi connectivity index (χ3v) is 5.50. The Morgan fingerprint density at radius 2 is 1.83 bits per heavy atom. The van der Waals surface area contributed by atoms with Crippen LogP contribution in [0.25, 0.3) is 0 Å². The predicted octanol–water partition coefficient (Wildman–Crippen LogP) is 0.415. The number of ether oxygens (including phenoxy) is 1. The summed E-state index contributed by atoms with van der Waals surface area (Å²) in [4.78, 5) is 25.2. The van der Waals surface area contributed by atoms with E-state index in [1.807, 2.05) is 12.4 Å². The topological polar surface area (TPSA) is 70.6 Å². The Balaban J connectivity index is 1.30. The Hall–Kier alpha value is -1.73. The average molecular weight is 331 g/mol. The number of nitrogens with one attached hydrogen (secondary N) is 1. The Labute approximate surface area is 142 Å². The monoisotopic (exact) mass is 331 g/mol. The number of hydrogen-bond acceptors (Lipinski definition) is 6. The van der Waals surface area contributed by atoms with Gasteiger partial charge in [0.25, 0.3) is 0 Å². The normalized spacial score (nSPS) is 24.3. The maximum absolute atomic E-state index is 11.5. The number of amides is 1. The van der Waals surface area contributed by atoms with E-state index in [1.165, 1.54) is 0 Å². The summed E-state index contributed by atoms with van der Waals surface area (Å²) in [6, 6.07) is 0. The maximum Gasteiger partial charge on any atom is 0.225 e. The molecule has 3 aliphatic heterocycles. The van der Waals surface area contributed by atoms with Gasteiger partial charge in [0.15, 0.2) is 0 Å². The molecule has 0 bridgehead atoms. The fourth-order valence-electron chi connectivity index (χ4n) is 3.91. The minimum absolute atomic E-state index is 0.213. The lowest BCUT2D eigenvalue weighted by Gasteiger charge is -2.38. The lowest BCUT2D eigenvalue weighted by molar-refractivity contribution is -0.119.